The zero-order valence-corrected chi connectivity index (χ0v) is 18.6. The van der Waals surface area contributed by atoms with Crippen molar-refractivity contribution < 1.29 is 4.42 Å². The van der Waals surface area contributed by atoms with E-state index in [9.17, 15) is 0 Å². The van der Waals surface area contributed by atoms with Crippen LogP contribution in [0.3, 0.4) is 0 Å². The molecule has 2 N–H and O–H groups in total. The molecule has 0 aliphatic carbocycles. The predicted molar refractivity (Wildman–Crippen MR) is 122 cm³/mol. The highest BCUT2D eigenvalue weighted by Gasteiger charge is 2.22. The molecule has 1 atom stereocenters. The number of aliphatic imine (C=N–C) groups is 1. The van der Waals surface area contributed by atoms with Crippen LogP contribution in [0.1, 0.15) is 37.2 Å². The van der Waals surface area contributed by atoms with Crippen LogP contribution in [0.25, 0.3) is 0 Å². The Balaban J connectivity index is 0.00000261. The maximum Gasteiger partial charge on any atom is 0.191 e. The standard InChI is InChI=1S/C21H30N4O.HI/c1-3-19(25-12-11-17-8-5-6-9-18(17)16-25)14-23-21(22-4-2)24-15-20-10-7-13-26-20;/h5-10,13,19H,3-4,11-12,14-16H2,1-2H3,(H2,22,23,24);1H. The van der Waals surface area contributed by atoms with E-state index in [0.717, 1.165) is 50.7 Å². The fourth-order valence-corrected chi connectivity index (χ4v) is 3.48. The van der Waals surface area contributed by atoms with Crippen LogP contribution < -0.4 is 10.6 Å². The molecule has 148 valence electrons. The van der Waals surface area contributed by atoms with Gasteiger partial charge in [0.05, 0.1) is 6.26 Å². The van der Waals surface area contributed by atoms with Crippen LogP contribution in [0.4, 0.5) is 0 Å². The minimum absolute atomic E-state index is 0. The predicted octanol–water partition coefficient (Wildman–Crippen LogP) is 3.79. The second kappa shape index (κ2) is 11.3. The van der Waals surface area contributed by atoms with Crippen LogP contribution in [0.2, 0.25) is 0 Å². The lowest BCUT2D eigenvalue weighted by atomic mass is 9.98. The van der Waals surface area contributed by atoms with Crippen molar-refractivity contribution in [3.8, 4) is 0 Å². The molecule has 0 saturated heterocycles. The van der Waals surface area contributed by atoms with Gasteiger partial charge in [-0.25, -0.2) is 4.99 Å². The van der Waals surface area contributed by atoms with E-state index in [2.05, 4.69) is 58.6 Å². The van der Waals surface area contributed by atoms with Gasteiger partial charge in [0.2, 0.25) is 0 Å². The number of benzene rings is 1. The van der Waals surface area contributed by atoms with E-state index in [-0.39, 0.29) is 24.0 Å². The summed E-state index contributed by atoms with van der Waals surface area (Å²) in [6.07, 6.45) is 3.94. The molecule has 5 nitrogen and oxygen atoms in total. The molecule has 1 aliphatic heterocycles. The average molecular weight is 482 g/mol. The number of hydrogen-bond acceptors (Lipinski definition) is 3. The van der Waals surface area contributed by atoms with Gasteiger partial charge in [-0.3, -0.25) is 4.90 Å². The van der Waals surface area contributed by atoms with Crippen molar-refractivity contribution in [3.05, 3.63) is 59.5 Å². The molecule has 2 aromatic rings. The van der Waals surface area contributed by atoms with Gasteiger partial charge in [-0.2, -0.15) is 0 Å². The highest BCUT2D eigenvalue weighted by Crippen LogP contribution is 2.21. The summed E-state index contributed by atoms with van der Waals surface area (Å²) in [6, 6.07) is 13.2. The zero-order valence-electron chi connectivity index (χ0n) is 16.3. The van der Waals surface area contributed by atoms with E-state index in [4.69, 9.17) is 4.42 Å². The summed E-state index contributed by atoms with van der Waals surface area (Å²) in [5.41, 5.74) is 2.97. The Labute approximate surface area is 179 Å². The van der Waals surface area contributed by atoms with Gasteiger partial charge in [0.25, 0.3) is 0 Å². The molecule has 0 spiro atoms. The molecular weight excluding hydrogens is 451 g/mol. The summed E-state index contributed by atoms with van der Waals surface area (Å²) >= 11 is 0. The molecule has 0 fully saturated rings. The Hall–Kier alpha value is -1.54. The smallest absolute Gasteiger partial charge is 0.191 e. The molecule has 6 heteroatoms. The first-order valence-electron chi connectivity index (χ1n) is 9.65. The highest BCUT2D eigenvalue weighted by molar-refractivity contribution is 14.0. The monoisotopic (exact) mass is 482 g/mol. The SMILES string of the molecule is CCNC(=NCc1ccco1)NCC(CC)N1CCc2ccccc2C1.I. The topological polar surface area (TPSA) is 52.8 Å². The van der Waals surface area contributed by atoms with Crippen molar-refractivity contribution in [1.82, 2.24) is 15.5 Å². The number of nitrogens with one attached hydrogen (secondary N) is 2. The lowest BCUT2D eigenvalue weighted by Gasteiger charge is -2.35. The van der Waals surface area contributed by atoms with Crippen LogP contribution in [0.15, 0.2) is 52.1 Å². The molecule has 0 bridgehead atoms. The van der Waals surface area contributed by atoms with Crippen LogP contribution in [-0.4, -0.2) is 36.5 Å². The van der Waals surface area contributed by atoms with Crippen molar-refractivity contribution in [3.63, 3.8) is 0 Å². The minimum atomic E-state index is 0. The van der Waals surface area contributed by atoms with E-state index in [1.807, 2.05) is 12.1 Å². The second-order valence-corrected chi connectivity index (χ2v) is 6.71. The summed E-state index contributed by atoms with van der Waals surface area (Å²) in [5, 5.41) is 6.83. The third-order valence-electron chi connectivity index (χ3n) is 4.97. The Morgan fingerprint density at radius 1 is 1.15 bits per heavy atom. The fourth-order valence-electron chi connectivity index (χ4n) is 3.48. The third kappa shape index (κ3) is 6.24. The number of furan rings is 1. The van der Waals surface area contributed by atoms with Gasteiger partial charge in [0.1, 0.15) is 12.3 Å². The first-order valence-corrected chi connectivity index (χ1v) is 9.65. The van der Waals surface area contributed by atoms with Gasteiger partial charge < -0.3 is 15.1 Å². The molecule has 0 radical (unpaired) electrons. The Kier molecular flexibility index (Phi) is 9.14. The first-order chi connectivity index (χ1) is 12.8. The molecule has 0 saturated carbocycles. The molecule has 1 aromatic heterocycles. The third-order valence-corrected chi connectivity index (χ3v) is 4.97. The number of halogens is 1. The molecule has 1 unspecified atom stereocenters. The van der Waals surface area contributed by atoms with E-state index in [0.29, 0.717) is 12.6 Å². The maximum atomic E-state index is 5.37. The minimum Gasteiger partial charge on any atom is -0.467 e. The molecular formula is C21H31IN4O. The largest absolute Gasteiger partial charge is 0.467 e. The van der Waals surface area contributed by atoms with Gasteiger partial charge in [-0.15, -0.1) is 24.0 Å². The summed E-state index contributed by atoms with van der Waals surface area (Å²) in [4.78, 5) is 7.21. The van der Waals surface area contributed by atoms with Crippen LogP contribution in [-0.2, 0) is 19.5 Å². The Morgan fingerprint density at radius 3 is 2.67 bits per heavy atom. The number of nitrogens with zero attached hydrogens (tertiary/aromatic N) is 2. The van der Waals surface area contributed by atoms with Gasteiger partial charge >= 0.3 is 0 Å². The lowest BCUT2D eigenvalue weighted by Crippen LogP contribution is -2.48. The fraction of sp³-hybridized carbons (Fsp3) is 0.476. The Bertz CT molecular complexity index is 702. The van der Waals surface area contributed by atoms with E-state index < -0.39 is 0 Å². The second-order valence-electron chi connectivity index (χ2n) is 6.71. The normalized spacial score (nSPS) is 15.6. The maximum absolute atomic E-state index is 5.37. The van der Waals surface area contributed by atoms with Crippen molar-refractivity contribution in [2.45, 2.75) is 45.8 Å². The van der Waals surface area contributed by atoms with Gasteiger partial charge in [-0.1, -0.05) is 31.2 Å². The highest BCUT2D eigenvalue weighted by atomic mass is 127. The average Bonchev–Trinajstić information content (AvgIpc) is 3.20. The molecule has 3 rings (SSSR count). The van der Waals surface area contributed by atoms with E-state index in [1.54, 1.807) is 6.26 Å². The van der Waals surface area contributed by atoms with Gasteiger partial charge in [-0.05, 0) is 43.0 Å². The number of hydrogen-bond donors (Lipinski definition) is 2. The number of fused-ring (bicyclic) bond motifs is 1. The van der Waals surface area contributed by atoms with E-state index in [1.165, 1.54) is 11.1 Å². The quantitative estimate of drug-likeness (QED) is 0.358. The zero-order chi connectivity index (χ0) is 18.2. The molecule has 1 aromatic carbocycles. The number of rotatable bonds is 7. The number of guanidine groups is 1. The summed E-state index contributed by atoms with van der Waals surface area (Å²) < 4.78 is 5.37. The van der Waals surface area contributed by atoms with Crippen molar-refractivity contribution in [1.29, 1.82) is 0 Å². The van der Waals surface area contributed by atoms with Gasteiger partial charge in [0, 0.05) is 32.2 Å². The summed E-state index contributed by atoms with van der Waals surface area (Å²) in [7, 11) is 0. The summed E-state index contributed by atoms with van der Waals surface area (Å²) in [5.74, 6) is 1.72. The molecule has 2 heterocycles. The lowest BCUT2D eigenvalue weighted by molar-refractivity contribution is 0.174. The molecule has 0 amide bonds. The van der Waals surface area contributed by atoms with Crippen molar-refractivity contribution in [2.75, 3.05) is 19.6 Å². The van der Waals surface area contributed by atoms with Crippen molar-refractivity contribution >= 4 is 29.9 Å². The van der Waals surface area contributed by atoms with E-state index >= 15 is 0 Å². The van der Waals surface area contributed by atoms with Crippen LogP contribution in [0, 0.1) is 0 Å². The van der Waals surface area contributed by atoms with Crippen LogP contribution >= 0.6 is 24.0 Å². The Morgan fingerprint density at radius 2 is 1.96 bits per heavy atom. The summed E-state index contributed by atoms with van der Waals surface area (Å²) in [6.45, 7) is 8.80. The molecule has 27 heavy (non-hydrogen) atoms. The van der Waals surface area contributed by atoms with Crippen LogP contribution in [0.5, 0.6) is 0 Å². The first kappa shape index (κ1) is 21.8. The molecule has 1 aliphatic rings. The van der Waals surface area contributed by atoms with Gasteiger partial charge in [0.15, 0.2) is 5.96 Å². The van der Waals surface area contributed by atoms with Crippen molar-refractivity contribution in [2.24, 2.45) is 4.99 Å².